The number of aliphatic carboxylic acids is 1. The summed E-state index contributed by atoms with van der Waals surface area (Å²) in [5.41, 5.74) is 1.38. The number of nitrogens with zero attached hydrogens (tertiary/aromatic N) is 2. The zero-order valence-corrected chi connectivity index (χ0v) is 14.2. The number of amides is 1. The summed E-state index contributed by atoms with van der Waals surface area (Å²) >= 11 is 0. The lowest BCUT2D eigenvalue weighted by Crippen LogP contribution is -2.45. The van der Waals surface area contributed by atoms with E-state index >= 15 is 0 Å². The van der Waals surface area contributed by atoms with Crippen LogP contribution in [0, 0.1) is 11.8 Å². The molecule has 130 valence electrons. The molecule has 2 aliphatic rings. The summed E-state index contributed by atoms with van der Waals surface area (Å²) < 4.78 is 25.4. The summed E-state index contributed by atoms with van der Waals surface area (Å²) in [5, 5.41) is 8.94. The molecule has 1 aliphatic carbocycles. The lowest BCUT2D eigenvalue weighted by molar-refractivity contribution is -0.151. The molecule has 24 heavy (non-hydrogen) atoms. The molecular formula is C16H20N2O5S. The summed E-state index contributed by atoms with van der Waals surface area (Å²) in [6.45, 7) is 0.848. The zero-order chi connectivity index (χ0) is 17.5. The molecule has 0 aromatic heterocycles. The fourth-order valence-electron chi connectivity index (χ4n) is 3.32. The third-order valence-electron chi connectivity index (χ3n) is 4.74. The van der Waals surface area contributed by atoms with Crippen molar-refractivity contribution >= 4 is 27.6 Å². The van der Waals surface area contributed by atoms with Crippen LogP contribution in [0.4, 0.5) is 5.69 Å². The van der Waals surface area contributed by atoms with E-state index in [0.29, 0.717) is 31.6 Å². The van der Waals surface area contributed by atoms with Gasteiger partial charge in [0.2, 0.25) is 15.9 Å². The predicted molar refractivity (Wildman–Crippen MR) is 87.9 cm³/mol. The van der Waals surface area contributed by atoms with Gasteiger partial charge in [-0.05, 0) is 24.5 Å². The third-order valence-corrected chi connectivity index (χ3v) is 5.92. The molecule has 0 atom stereocenters. The Morgan fingerprint density at radius 2 is 1.79 bits per heavy atom. The Hall–Kier alpha value is -2.09. The number of benzene rings is 1. The summed E-state index contributed by atoms with van der Waals surface area (Å²) in [7, 11) is -3.43. The van der Waals surface area contributed by atoms with Crippen LogP contribution in [0.15, 0.2) is 24.3 Å². The van der Waals surface area contributed by atoms with E-state index in [1.165, 1.54) is 4.31 Å². The quantitative estimate of drug-likeness (QED) is 0.872. The molecule has 8 heteroatoms. The Bertz CT molecular complexity index is 770. The molecule has 1 aliphatic heterocycles. The average molecular weight is 352 g/mol. The molecule has 1 heterocycles. The SMILES string of the molecule is CS(=O)(=O)N1CCN(C(=O)C2CC(C(=O)O)C2)Cc2ccccc21. The third kappa shape index (κ3) is 3.10. The number of sulfonamides is 1. The highest BCUT2D eigenvalue weighted by atomic mass is 32.2. The van der Waals surface area contributed by atoms with Crippen LogP contribution in [0.3, 0.4) is 0 Å². The number of carboxylic acid groups (broad SMARTS) is 1. The molecule has 1 N–H and O–H groups in total. The molecule has 0 spiro atoms. The van der Waals surface area contributed by atoms with Crippen molar-refractivity contribution in [1.29, 1.82) is 0 Å². The maximum atomic E-state index is 12.6. The number of carbonyl (C=O) groups is 2. The van der Waals surface area contributed by atoms with Crippen molar-refractivity contribution in [3.05, 3.63) is 29.8 Å². The van der Waals surface area contributed by atoms with Crippen LogP contribution in [0.25, 0.3) is 0 Å². The monoisotopic (exact) mass is 352 g/mol. The van der Waals surface area contributed by atoms with E-state index < -0.39 is 21.9 Å². The first-order chi connectivity index (χ1) is 11.3. The number of hydrogen-bond acceptors (Lipinski definition) is 4. The number of para-hydroxylation sites is 1. The first kappa shape index (κ1) is 16.8. The Balaban J connectivity index is 1.80. The maximum Gasteiger partial charge on any atom is 0.306 e. The van der Waals surface area contributed by atoms with Crippen molar-refractivity contribution < 1.29 is 23.1 Å². The highest BCUT2D eigenvalue weighted by Crippen LogP contribution is 2.36. The van der Waals surface area contributed by atoms with Crippen molar-refractivity contribution in [3.63, 3.8) is 0 Å². The van der Waals surface area contributed by atoms with Crippen LogP contribution in [-0.2, 0) is 26.2 Å². The van der Waals surface area contributed by atoms with Gasteiger partial charge in [-0.15, -0.1) is 0 Å². The molecule has 7 nitrogen and oxygen atoms in total. The second kappa shape index (κ2) is 6.08. The largest absolute Gasteiger partial charge is 0.481 e. The minimum absolute atomic E-state index is 0.0855. The van der Waals surface area contributed by atoms with Gasteiger partial charge in [0.1, 0.15) is 0 Å². The normalized spacial score (nSPS) is 23.9. The molecule has 0 unspecified atom stereocenters. The number of fused-ring (bicyclic) bond motifs is 1. The number of carboxylic acids is 1. The average Bonchev–Trinajstić information content (AvgIpc) is 2.63. The van der Waals surface area contributed by atoms with Crippen LogP contribution in [-0.4, -0.2) is 49.6 Å². The molecule has 3 rings (SSSR count). The fraction of sp³-hybridized carbons (Fsp3) is 0.500. The molecule has 1 aromatic rings. The Morgan fingerprint density at radius 3 is 2.42 bits per heavy atom. The topological polar surface area (TPSA) is 95.0 Å². The van der Waals surface area contributed by atoms with Crippen molar-refractivity contribution in [2.24, 2.45) is 11.8 Å². The van der Waals surface area contributed by atoms with Gasteiger partial charge >= 0.3 is 5.97 Å². The molecule has 1 fully saturated rings. The van der Waals surface area contributed by atoms with Gasteiger partial charge in [-0.2, -0.15) is 0 Å². The highest BCUT2D eigenvalue weighted by Gasteiger charge is 2.41. The van der Waals surface area contributed by atoms with E-state index in [1.807, 2.05) is 12.1 Å². The lowest BCUT2D eigenvalue weighted by atomic mass is 9.74. The van der Waals surface area contributed by atoms with E-state index in [-0.39, 0.29) is 18.4 Å². The van der Waals surface area contributed by atoms with Crippen LogP contribution in [0.1, 0.15) is 18.4 Å². The summed E-state index contributed by atoms with van der Waals surface area (Å²) in [4.78, 5) is 25.2. The molecule has 1 aromatic carbocycles. The van der Waals surface area contributed by atoms with Gasteiger partial charge in [-0.25, -0.2) is 8.42 Å². The van der Waals surface area contributed by atoms with Crippen LogP contribution >= 0.6 is 0 Å². The number of anilines is 1. The van der Waals surface area contributed by atoms with E-state index in [1.54, 1.807) is 17.0 Å². The predicted octanol–water partition coefficient (Wildman–Crippen LogP) is 0.906. The van der Waals surface area contributed by atoms with Gasteiger partial charge in [0.05, 0.1) is 24.4 Å². The summed E-state index contributed by atoms with van der Waals surface area (Å²) in [6, 6.07) is 7.16. The minimum atomic E-state index is -3.43. The van der Waals surface area contributed by atoms with Gasteiger partial charge in [-0.1, -0.05) is 18.2 Å². The number of hydrogen-bond donors (Lipinski definition) is 1. The van der Waals surface area contributed by atoms with Gasteiger partial charge in [-0.3, -0.25) is 13.9 Å². The van der Waals surface area contributed by atoms with Crippen LogP contribution in [0.5, 0.6) is 0 Å². The van der Waals surface area contributed by atoms with Gasteiger partial charge in [0.25, 0.3) is 0 Å². The molecule has 0 bridgehead atoms. The molecule has 1 amide bonds. The Kier molecular flexibility index (Phi) is 4.25. The lowest BCUT2D eigenvalue weighted by Gasteiger charge is -2.35. The second-order valence-electron chi connectivity index (χ2n) is 6.43. The van der Waals surface area contributed by atoms with Crippen molar-refractivity contribution in [2.75, 3.05) is 23.7 Å². The smallest absolute Gasteiger partial charge is 0.306 e. The number of rotatable bonds is 3. The van der Waals surface area contributed by atoms with Crippen molar-refractivity contribution in [3.8, 4) is 0 Å². The van der Waals surface area contributed by atoms with Gasteiger partial charge in [0, 0.05) is 19.0 Å². The molecule has 1 saturated carbocycles. The van der Waals surface area contributed by atoms with E-state index in [4.69, 9.17) is 5.11 Å². The number of carbonyl (C=O) groups excluding carboxylic acids is 1. The minimum Gasteiger partial charge on any atom is -0.481 e. The second-order valence-corrected chi connectivity index (χ2v) is 8.33. The van der Waals surface area contributed by atoms with Crippen LogP contribution in [0.2, 0.25) is 0 Å². The van der Waals surface area contributed by atoms with Gasteiger partial charge in [0.15, 0.2) is 0 Å². The van der Waals surface area contributed by atoms with Crippen molar-refractivity contribution in [2.45, 2.75) is 19.4 Å². The van der Waals surface area contributed by atoms with E-state index in [0.717, 1.165) is 11.8 Å². The molecule has 0 radical (unpaired) electrons. The highest BCUT2D eigenvalue weighted by molar-refractivity contribution is 7.92. The first-order valence-electron chi connectivity index (χ1n) is 7.84. The summed E-state index contributed by atoms with van der Waals surface area (Å²) in [5.74, 6) is -1.66. The van der Waals surface area contributed by atoms with E-state index in [9.17, 15) is 18.0 Å². The Morgan fingerprint density at radius 1 is 1.12 bits per heavy atom. The Labute approximate surface area is 140 Å². The maximum absolute atomic E-state index is 12.6. The molecule has 0 saturated heterocycles. The fourth-order valence-corrected chi connectivity index (χ4v) is 4.27. The summed E-state index contributed by atoms with van der Waals surface area (Å²) in [6.07, 6.45) is 1.88. The van der Waals surface area contributed by atoms with Crippen LogP contribution < -0.4 is 4.31 Å². The molecular weight excluding hydrogens is 332 g/mol. The zero-order valence-electron chi connectivity index (χ0n) is 13.4. The van der Waals surface area contributed by atoms with Gasteiger partial charge < -0.3 is 10.0 Å². The van der Waals surface area contributed by atoms with E-state index in [2.05, 4.69) is 0 Å². The van der Waals surface area contributed by atoms with Crippen molar-refractivity contribution in [1.82, 2.24) is 4.90 Å². The standard InChI is InChI=1S/C16H20N2O5S/c1-24(22,23)18-7-6-17(10-11-4-2-3-5-14(11)18)15(19)12-8-13(9-12)16(20)21/h2-5,12-13H,6-10H2,1H3,(H,20,21). The first-order valence-corrected chi connectivity index (χ1v) is 9.69.